The summed E-state index contributed by atoms with van der Waals surface area (Å²) in [6.45, 7) is 3.59. The van der Waals surface area contributed by atoms with Crippen LogP contribution >= 0.6 is 0 Å². The molecule has 0 radical (unpaired) electrons. The molecule has 0 aliphatic carbocycles. The summed E-state index contributed by atoms with van der Waals surface area (Å²) in [5.41, 5.74) is 1.51. The lowest BCUT2D eigenvalue weighted by molar-refractivity contribution is -0.122. The molecule has 1 heterocycles. The van der Waals surface area contributed by atoms with E-state index in [1.54, 1.807) is 19.1 Å². The maximum Gasteiger partial charge on any atom is 0.321 e. The van der Waals surface area contributed by atoms with Gasteiger partial charge in [0.05, 0.1) is 19.1 Å². The zero-order chi connectivity index (χ0) is 24.0. The van der Waals surface area contributed by atoms with E-state index < -0.39 is 16.1 Å². The molecule has 3 rings (SSSR count). The number of hydrogen-bond acceptors (Lipinski definition) is 8. The topological polar surface area (TPSA) is 129 Å². The zero-order valence-corrected chi connectivity index (χ0v) is 19.3. The first-order chi connectivity index (χ1) is 15.7. The van der Waals surface area contributed by atoms with Crippen molar-refractivity contribution in [2.24, 2.45) is 0 Å². The second-order valence-electron chi connectivity index (χ2n) is 6.97. The van der Waals surface area contributed by atoms with E-state index in [-0.39, 0.29) is 28.5 Å². The molecular formula is C22H24N4O6S. The summed E-state index contributed by atoms with van der Waals surface area (Å²) in [4.78, 5) is 20.3. The van der Waals surface area contributed by atoms with Crippen LogP contribution in [0.5, 0.6) is 17.6 Å². The maximum absolute atomic E-state index is 12.7. The first kappa shape index (κ1) is 23.8. The van der Waals surface area contributed by atoms with Crippen LogP contribution < -0.4 is 24.2 Å². The molecule has 1 unspecified atom stereocenters. The van der Waals surface area contributed by atoms with Crippen molar-refractivity contribution in [1.29, 1.82) is 0 Å². The molecule has 0 aliphatic heterocycles. The van der Waals surface area contributed by atoms with Crippen molar-refractivity contribution in [2.45, 2.75) is 24.8 Å². The van der Waals surface area contributed by atoms with Gasteiger partial charge in [-0.2, -0.15) is 9.97 Å². The van der Waals surface area contributed by atoms with Gasteiger partial charge < -0.3 is 19.5 Å². The summed E-state index contributed by atoms with van der Waals surface area (Å²) in [5.74, 6) is 0.330. The highest BCUT2D eigenvalue weighted by Crippen LogP contribution is 2.22. The minimum Gasteiger partial charge on any atom is -0.481 e. The van der Waals surface area contributed by atoms with Crippen LogP contribution in [0.15, 0.2) is 59.5 Å². The molecule has 0 saturated carbocycles. The van der Waals surface area contributed by atoms with E-state index in [0.29, 0.717) is 11.4 Å². The van der Waals surface area contributed by atoms with Gasteiger partial charge in [-0.15, -0.1) is 0 Å². The number of nitrogens with zero attached hydrogens (tertiary/aromatic N) is 2. The molecule has 0 spiro atoms. The smallest absolute Gasteiger partial charge is 0.321 e. The third-order valence-electron chi connectivity index (χ3n) is 4.45. The lowest BCUT2D eigenvalue weighted by Gasteiger charge is -2.15. The molecule has 11 heteroatoms. The van der Waals surface area contributed by atoms with Crippen molar-refractivity contribution in [3.8, 4) is 17.6 Å². The van der Waals surface area contributed by atoms with Gasteiger partial charge in [0.2, 0.25) is 5.88 Å². The fourth-order valence-electron chi connectivity index (χ4n) is 2.68. The van der Waals surface area contributed by atoms with Crippen LogP contribution in [0.3, 0.4) is 0 Å². The third-order valence-corrected chi connectivity index (χ3v) is 5.82. The number of aromatic nitrogens is 2. The summed E-state index contributed by atoms with van der Waals surface area (Å²) < 4.78 is 43.4. The summed E-state index contributed by atoms with van der Waals surface area (Å²) in [6, 6.07) is 14.3. The average Bonchev–Trinajstić information content (AvgIpc) is 2.80. The first-order valence-electron chi connectivity index (χ1n) is 9.84. The van der Waals surface area contributed by atoms with Crippen molar-refractivity contribution in [3.63, 3.8) is 0 Å². The molecule has 3 aromatic rings. The second-order valence-corrected chi connectivity index (χ2v) is 8.66. The Kier molecular flexibility index (Phi) is 7.34. The largest absolute Gasteiger partial charge is 0.481 e. The van der Waals surface area contributed by atoms with E-state index >= 15 is 0 Å². The van der Waals surface area contributed by atoms with Gasteiger partial charge in [0.1, 0.15) is 5.75 Å². The number of rotatable bonds is 9. The molecule has 33 heavy (non-hydrogen) atoms. The molecule has 10 nitrogen and oxygen atoms in total. The van der Waals surface area contributed by atoms with Crippen molar-refractivity contribution >= 4 is 27.4 Å². The monoisotopic (exact) mass is 472 g/mol. The van der Waals surface area contributed by atoms with Crippen LogP contribution in [0.2, 0.25) is 0 Å². The summed E-state index contributed by atoms with van der Waals surface area (Å²) in [5, 5.41) is 2.70. The Morgan fingerprint density at radius 1 is 0.970 bits per heavy atom. The lowest BCUT2D eigenvalue weighted by atomic mass is 10.2. The summed E-state index contributed by atoms with van der Waals surface area (Å²) >= 11 is 0. The Bertz CT molecular complexity index is 1190. The van der Waals surface area contributed by atoms with Crippen LogP contribution in [0, 0.1) is 6.92 Å². The first-order valence-corrected chi connectivity index (χ1v) is 11.3. The molecule has 2 aromatic carbocycles. The number of nitrogens with one attached hydrogen (secondary N) is 2. The molecule has 0 aliphatic rings. The van der Waals surface area contributed by atoms with E-state index in [9.17, 15) is 13.2 Å². The lowest BCUT2D eigenvalue weighted by Crippen LogP contribution is -2.30. The molecule has 1 aromatic heterocycles. The number of amides is 1. The molecule has 2 N–H and O–H groups in total. The van der Waals surface area contributed by atoms with E-state index in [0.717, 1.165) is 5.56 Å². The summed E-state index contributed by atoms with van der Waals surface area (Å²) in [6.07, 6.45) is -0.750. The van der Waals surface area contributed by atoms with Crippen molar-refractivity contribution in [3.05, 3.63) is 60.2 Å². The fraction of sp³-hybridized carbons (Fsp3) is 0.227. The predicted octanol–water partition coefficient (Wildman–Crippen LogP) is 3.01. The SMILES string of the molecule is COc1cc(NS(=O)(=O)c2ccc(NC(=O)C(C)Oc3ccc(C)cc3)cc2)nc(OC)n1. The molecule has 0 fully saturated rings. The number of sulfonamides is 1. The quantitative estimate of drug-likeness (QED) is 0.486. The minimum absolute atomic E-state index is 0.0156. The second kappa shape index (κ2) is 10.2. The molecule has 1 atom stereocenters. The maximum atomic E-state index is 12.7. The van der Waals surface area contributed by atoms with Crippen LogP contribution in [-0.4, -0.2) is 44.6 Å². The number of ether oxygens (including phenoxy) is 3. The Labute approximate surface area is 192 Å². The van der Waals surface area contributed by atoms with Gasteiger partial charge in [0.25, 0.3) is 15.9 Å². The Morgan fingerprint density at radius 3 is 2.24 bits per heavy atom. The van der Waals surface area contributed by atoms with Crippen LogP contribution in [0.25, 0.3) is 0 Å². The summed E-state index contributed by atoms with van der Waals surface area (Å²) in [7, 11) is -1.22. The van der Waals surface area contributed by atoms with E-state index in [1.807, 2.05) is 19.1 Å². The molecule has 0 bridgehead atoms. The molecule has 0 saturated heterocycles. The number of aryl methyl sites for hydroxylation is 1. The third kappa shape index (κ3) is 6.32. The highest BCUT2D eigenvalue weighted by Gasteiger charge is 2.18. The Balaban J connectivity index is 1.66. The number of anilines is 2. The van der Waals surface area contributed by atoms with Gasteiger partial charge in [-0.05, 0) is 50.2 Å². The highest BCUT2D eigenvalue weighted by atomic mass is 32.2. The fourth-order valence-corrected chi connectivity index (χ4v) is 3.68. The van der Waals surface area contributed by atoms with Crippen molar-refractivity contribution in [2.75, 3.05) is 24.3 Å². The van der Waals surface area contributed by atoms with Gasteiger partial charge in [0.15, 0.2) is 11.9 Å². The van der Waals surface area contributed by atoms with E-state index in [2.05, 4.69) is 20.0 Å². The normalized spacial score (nSPS) is 11.9. The van der Waals surface area contributed by atoms with Gasteiger partial charge >= 0.3 is 6.01 Å². The van der Waals surface area contributed by atoms with Gasteiger partial charge in [-0.3, -0.25) is 9.52 Å². The van der Waals surface area contributed by atoms with Crippen molar-refractivity contribution in [1.82, 2.24) is 9.97 Å². The van der Waals surface area contributed by atoms with Gasteiger partial charge in [-0.1, -0.05) is 17.7 Å². The minimum atomic E-state index is -3.96. The number of carbonyl (C=O) groups is 1. The van der Waals surface area contributed by atoms with Gasteiger partial charge in [0, 0.05) is 11.8 Å². The zero-order valence-electron chi connectivity index (χ0n) is 18.5. The Hall–Kier alpha value is -3.86. The van der Waals surface area contributed by atoms with Crippen molar-refractivity contribution < 1.29 is 27.4 Å². The standard InChI is InChI=1S/C22H24N4O6S/c1-14-5-9-17(10-6-14)32-15(2)21(27)23-16-7-11-18(12-8-16)33(28,29)26-19-13-20(30-3)25-22(24-19)31-4/h5-13,15H,1-4H3,(H,23,27)(H,24,25,26). The molecule has 174 valence electrons. The average molecular weight is 473 g/mol. The van der Waals surface area contributed by atoms with E-state index in [1.165, 1.54) is 44.6 Å². The number of methoxy groups -OCH3 is 2. The predicted molar refractivity (Wildman–Crippen MR) is 122 cm³/mol. The number of benzene rings is 2. The van der Waals surface area contributed by atoms with E-state index in [4.69, 9.17) is 14.2 Å². The Morgan fingerprint density at radius 2 is 1.64 bits per heavy atom. The molecular weight excluding hydrogens is 448 g/mol. The number of carbonyl (C=O) groups excluding carboxylic acids is 1. The molecule has 1 amide bonds. The van der Waals surface area contributed by atoms with Gasteiger partial charge in [-0.25, -0.2) is 8.42 Å². The van der Waals surface area contributed by atoms with Crippen LogP contribution in [0.1, 0.15) is 12.5 Å². The van der Waals surface area contributed by atoms with Crippen LogP contribution in [-0.2, 0) is 14.8 Å². The van der Waals surface area contributed by atoms with Crippen LogP contribution in [0.4, 0.5) is 11.5 Å². The highest BCUT2D eigenvalue weighted by molar-refractivity contribution is 7.92. The number of hydrogen-bond donors (Lipinski definition) is 2.